The molecule has 2 atom stereocenters. The first-order valence-electron chi connectivity index (χ1n) is 7.67. The monoisotopic (exact) mass is 321 g/mol. The van der Waals surface area contributed by atoms with Crippen molar-refractivity contribution in [1.29, 1.82) is 0 Å². The molecule has 0 unspecified atom stereocenters. The van der Waals surface area contributed by atoms with Crippen molar-refractivity contribution < 1.29 is 23.9 Å². The summed E-state index contributed by atoms with van der Waals surface area (Å²) in [6, 6.07) is 9.29. The number of nitrogens with one attached hydrogen (secondary N) is 1. The van der Waals surface area contributed by atoms with Gasteiger partial charge in [0, 0.05) is 0 Å². The predicted molar refractivity (Wildman–Crippen MR) is 84.8 cm³/mol. The predicted octanol–water partition coefficient (Wildman–Crippen LogP) is 2.63. The zero-order chi connectivity index (χ0) is 17.2. The van der Waals surface area contributed by atoms with Gasteiger partial charge in [0.15, 0.2) is 6.61 Å². The maximum absolute atomic E-state index is 12.3. The highest BCUT2D eigenvalue weighted by Crippen LogP contribution is 2.28. The summed E-state index contributed by atoms with van der Waals surface area (Å²) in [5, 5.41) is 1.98. The highest BCUT2D eigenvalue weighted by Gasteiger charge is 2.27. The number of rotatable bonds is 7. The zero-order valence-corrected chi connectivity index (χ0v) is 13.7. The summed E-state index contributed by atoms with van der Waals surface area (Å²) in [6.45, 7) is 5.21. The molecular weight excluding hydrogens is 298 g/mol. The summed E-state index contributed by atoms with van der Waals surface area (Å²) in [4.78, 5) is 35.0. The Labute approximate surface area is 136 Å². The normalized spacial score (nSPS) is 12.8. The van der Waals surface area contributed by atoms with Crippen LogP contribution in [-0.2, 0) is 19.1 Å². The fraction of sp³-hybridized carbons (Fsp3) is 0.471. The van der Waals surface area contributed by atoms with E-state index in [1.54, 1.807) is 6.92 Å². The fourth-order valence-corrected chi connectivity index (χ4v) is 2.14. The molecule has 0 aliphatic rings. The lowest BCUT2D eigenvalue weighted by atomic mass is 9.86. The minimum Gasteiger partial charge on any atom is -0.455 e. The Hall–Kier alpha value is -2.37. The molecule has 6 heteroatoms. The van der Waals surface area contributed by atoms with Gasteiger partial charge >= 0.3 is 12.1 Å². The number of carbonyl (C=O) groups is 3. The fourth-order valence-electron chi connectivity index (χ4n) is 2.14. The minimum atomic E-state index is -0.852. The van der Waals surface area contributed by atoms with Crippen molar-refractivity contribution in [3.05, 3.63) is 35.9 Å². The molecule has 23 heavy (non-hydrogen) atoms. The molecule has 0 saturated heterocycles. The van der Waals surface area contributed by atoms with Gasteiger partial charge in [0.2, 0.25) is 0 Å². The molecule has 0 aliphatic heterocycles. The molecule has 0 aromatic heterocycles. The van der Waals surface area contributed by atoms with Gasteiger partial charge in [-0.05, 0) is 18.4 Å². The molecule has 1 N–H and O–H groups in total. The molecule has 1 aromatic carbocycles. The van der Waals surface area contributed by atoms with Crippen molar-refractivity contribution >= 4 is 18.0 Å². The third-order valence-corrected chi connectivity index (χ3v) is 3.49. The second-order valence-corrected chi connectivity index (χ2v) is 5.15. The second kappa shape index (κ2) is 9.61. The van der Waals surface area contributed by atoms with E-state index in [9.17, 15) is 14.4 Å². The summed E-state index contributed by atoms with van der Waals surface area (Å²) in [5.74, 6) is -1.58. The van der Waals surface area contributed by atoms with Crippen LogP contribution in [0.3, 0.4) is 0 Å². The third kappa shape index (κ3) is 6.10. The first kappa shape index (κ1) is 18.7. The lowest BCUT2D eigenvalue weighted by molar-refractivity contribution is -0.151. The van der Waals surface area contributed by atoms with Gasteiger partial charge in [0.25, 0.3) is 5.91 Å². The third-order valence-electron chi connectivity index (χ3n) is 3.49. The Morgan fingerprint density at radius 3 is 2.30 bits per heavy atom. The van der Waals surface area contributed by atoms with Crippen LogP contribution in [0.25, 0.3) is 0 Å². The summed E-state index contributed by atoms with van der Waals surface area (Å²) < 4.78 is 9.64. The van der Waals surface area contributed by atoms with Gasteiger partial charge in [0.1, 0.15) is 0 Å². The molecule has 6 nitrogen and oxygen atoms in total. The summed E-state index contributed by atoms with van der Waals surface area (Å²) in [5.41, 5.74) is 0.845. The Kier molecular flexibility index (Phi) is 7.80. The zero-order valence-electron chi connectivity index (χ0n) is 13.7. The molecule has 0 saturated carbocycles. The molecule has 0 aliphatic carbocycles. The van der Waals surface area contributed by atoms with Crippen LogP contribution in [0, 0.1) is 5.92 Å². The maximum atomic E-state index is 12.3. The van der Waals surface area contributed by atoms with Crippen LogP contribution in [0.15, 0.2) is 30.3 Å². The average Bonchev–Trinajstić information content (AvgIpc) is 2.54. The summed E-state index contributed by atoms with van der Waals surface area (Å²) >= 11 is 0. The Balaban J connectivity index is 2.65. The number of esters is 1. The van der Waals surface area contributed by atoms with E-state index in [1.807, 2.05) is 49.5 Å². The van der Waals surface area contributed by atoms with E-state index in [4.69, 9.17) is 4.74 Å². The lowest BCUT2D eigenvalue weighted by Crippen LogP contribution is -2.35. The molecule has 1 aromatic rings. The van der Waals surface area contributed by atoms with Gasteiger partial charge in [-0.1, -0.05) is 50.6 Å². The van der Waals surface area contributed by atoms with Crippen molar-refractivity contribution in [2.24, 2.45) is 5.92 Å². The number of imide groups is 1. The van der Waals surface area contributed by atoms with Crippen LogP contribution >= 0.6 is 0 Å². The largest absolute Gasteiger partial charge is 0.455 e. The lowest BCUT2D eigenvalue weighted by Gasteiger charge is -2.21. The van der Waals surface area contributed by atoms with Crippen molar-refractivity contribution in [2.45, 2.75) is 33.1 Å². The van der Waals surface area contributed by atoms with Crippen LogP contribution in [0.4, 0.5) is 4.79 Å². The summed E-state index contributed by atoms with van der Waals surface area (Å²) in [6.07, 6.45) is -0.0565. The molecular formula is C17H23NO5. The number of hydrogen-bond acceptors (Lipinski definition) is 5. The molecule has 0 bridgehead atoms. The van der Waals surface area contributed by atoms with Gasteiger partial charge < -0.3 is 9.47 Å². The number of ether oxygens (including phenoxy) is 2. The Morgan fingerprint density at radius 1 is 1.09 bits per heavy atom. The number of amides is 2. The molecule has 2 amide bonds. The first-order valence-corrected chi connectivity index (χ1v) is 7.67. The van der Waals surface area contributed by atoms with Crippen molar-refractivity contribution in [3.63, 3.8) is 0 Å². The minimum absolute atomic E-state index is 0.0676. The van der Waals surface area contributed by atoms with E-state index >= 15 is 0 Å². The van der Waals surface area contributed by atoms with E-state index in [0.29, 0.717) is 0 Å². The standard InChI is InChI=1S/C17H23NO5/c1-4-12(3)15(13-9-7-6-8-10-13)16(20)23-11-14(19)18-17(21)22-5-2/h6-10,12,15H,4-5,11H2,1-3H3,(H,18,19,21)/t12-,15-/m1/s1. The van der Waals surface area contributed by atoms with Gasteiger partial charge in [0.05, 0.1) is 12.5 Å². The highest BCUT2D eigenvalue weighted by molar-refractivity contribution is 5.93. The first-order chi connectivity index (χ1) is 11.0. The van der Waals surface area contributed by atoms with Crippen molar-refractivity contribution in [2.75, 3.05) is 13.2 Å². The van der Waals surface area contributed by atoms with E-state index in [1.165, 1.54) is 0 Å². The van der Waals surface area contributed by atoms with Crippen LogP contribution in [0.1, 0.15) is 38.7 Å². The van der Waals surface area contributed by atoms with E-state index in [0.717, 1.165) is 12.0 Å². The van der Waals surface area contributed by atoms with Crippen LogP contribution in [0.2, 0.25) is 0 Å². The van der Waals surface area contributed by atoms with Crippen molar-refractivity contribution in [1.82, 2.24) is 5.32 Å². The molecule has 0 fully saturated rings. The Bertz CT molecular complexity index is 529. The van der Waals surface area contributed by atoms with Gasteiger partial charge in [-0.2, -0.15) is 0 Å². The molecule has 0 heterocycles. The van der Waals surface area contributed by atoms with Crippen LogP contribution in [-0.4, -0.2) is 31.2 Å². The highest BCUT2D eigenvalue weighted by atomic mass is 16.6. The maximum Gasteiger partial charge on any atom is 0.413 e. The average molecular weight is 321 g/mol. The van der Waals surface area contributed by atoms with Gasteiger partial charge in [-0.25, -0.2) is 4.79 Å². The number of carbonyl (C=O) groups excluding carboxylic acids is 3. The molecule has 0 radical (unpaired) electrons. The van der Waals surface area contributed by atoms with E-state index in [-0.39, 0.29) is 12.5 Å². The quantitative estimate of drug-likeness (QED) is 0.781. The van der Waals surface area contributed by atoms with Crippen LogP contribution < -0.4 is 5.32 Å². The molecule has 1 rings (SSSR count). The number of benzene rings is 1. The smallest absolute Gasteiger partial charge is 0.413 e. The van der Waals surface area contributed by atoms with E-state index in [2.05, 4.69) is 4.74 Å². The molecule has 126 valence electrons. The number of alkyl carbamates (subject to hydrolysis) is 1. The SMILES string of the molecule is CCOC(=O)NC(=O)COC(=O)[C@@H](c1ccccc1)[C@H](C)CC. The number of hydrogen-bond donors (Lipinski definition) is 1. The summed E-state index contributed by atoms with van der Waals surface area (Å²) in [7, 11) is 0. The van der Waals surface area contributed by atoms with Crippen LogP contribution in [0.5, 0.6) is 0 Å². The second-order valence-electron chi connectivity index (χ2n) is 5.15. The van der Waals surface area contributed by atoms with Crippen molar-refractivity contribution in [3.8, 4) is 0 Å². The van der Waals surface area contributed by atoms with E-state index < -0.39 is 30.5 Å². The van der Waals surface area contributed by atoms with Gasteiger partial charge in [-0.3, -0.25) is 14.9 Å². The Morgan fingerprint density at radius 2 is 1.74 bits per heavy atom. The molecule has 0 spiro atoms. The topological polar surface area (TPSA) is 81.7 Å². The van der Waals surface area contributed by atoms with Gasteiger partial charge in [-0.15, -0.1) is 0 Å².